The summed E-state index contributed by atoms with van der Waals surface area (Å²) in [6.45, 7) is 16.0. The van der Waals surface area contributed by atoms with Crippen molar-refractivity contribution in [3.63, 3.8) is 0 Å². The zero-order chi connectivity index (χ0) is 68.3. The summed E-state index contributed by atoms with van der Waals surface area (Å²) in [6, 6.07) is 80.2. The van der Waals surface area contributed by atoms with Crippen molar-refractivity contribution in [3.8, 4) is 0 Å². The van der Waals surface area contributed by atoms with Gasteiger partial charge in [-0.2, -0.15) is 0 Å². The van der Waals surface area contributed by atoms with Crippen LogP contribution < -0.4 is 0 Å². The van der Waals surface area contributed by atoms with Gasteiger partial charge in [-0.1, -0.05) is 251 Å². The smallest absolute Gasteiger partial charge is 0.344 e. The summed E-state index contributed by atoms with van der Waals surface area (Å²) >= 11 is 0. The van der Waals surface area contributed by atoms with Crippen molar-refractivity contribution in [2.45, 2.75) is 57.0 Å². The van der Waals surface area contributed by atoms with Gasteiger partial charge >= 0.3 is 29.8 Å². The molecule has 17 rings (SSSR count). The molecule has 4 aliphatic carbocycles. The van der Waals surface area contributed by atoms with Crippen molar-refractivity contribution in [1.29, 1.82) is 0 Å². The monoisotopic (exact) mass is 1300 g/mol. The summed E-state index contributed by atoms with van der Waals surface area (Å²) in [5, 5.41) is 13.6. The van der Waals surface area contributed by atoms with Crippen LogP contribution in [-0.4, -0.2) is 36.5 Å². The van der Waals surface area contributed by atoms with Crippen molar-refractivity contribution in [3.05, 3.63) is 352 Å². The van der Waals surface area contributed by atoms with Gasteiger partial charge in [0.25, 0.3) is 0 Å². The van der Waals surface area contributed by atoms with E-state index in [1.165, 1.54) is 61.5 Å². The Labute approximate surface area is 573 Å². The maximum atomic E-state index is 13.0. The van der Waals surface area contributed by atoms with Gasteiger partial charge in [0.05, 0.1) is 16.7 Å². The van der Waals surface area contributed by atoms with Crippen molar-refractivity contribution in [2.24, 2.45) is 0 Å². The van der Waals surface area contributed by atoms with Crippen LogP contribution in [0.15, 0.2) is 275 Å². The Bertz CT molecular complexity index is 5440. The third kappa shape index (κ3) is 13.0. The van der Waals surface area contributed by atoms with Gasteiger partial charge in [0, 0.05) is 53.5 Å². The van der Waals surface area contributed by atoms with E-state index in [1.54, 1.807) is 18.2 Å². The number of fused-ring (bicyclic) bond motifs is 2. The summed E-state index contributed by atoms with van der Waals surface area (Å²) in [5.74, 6) is -1.98. The van der Waals surface area contributed by atoms with Gasteiger partial charge in [-0.3, -0.25) is 0 Å². The summed E-state index contributed by atoms with van der Waals surface area (Å²) in [5.41, 5.74) is 14.3. The lowest BCUT2D eigenvalue weighted by atomic mass is 9.99. The molecule has 99 heavy (non-hydrogen) atoms. The molecule has 0 N–H and O–H groups in total. The molecule has 4 unspecified atom stereocenters. The Morgan fingerprint density at radius 1 is 0.374 bits per heavy atom. The number of ether oxygens (including phenoxy) is 5. The van der Waals surface area contributed by atoms with E-state index >= 15 is 0 Å². The quantitative estimate of drug-likeness (QED) is 0.0624. The minimum absolute atomic E-state index is 0.206. The maximum Gasteiger partial charge on any atom is 0.344 e. The minimum Gasteiger partial charge on any atom is -0.455 e. The fourth-order valence-corrected chi connectivity index (χ4v) is 14.2. The highest BCUT2D eigenvalue weighted by molar-refractivity contribution is 6.07. The van der Waals surface area contributed by atoms with Gasteiger partial charge in [-0.15, -0.1) is 0 Å². The van der Waals surface area contributed by atoms with Crippen LogP contribution in [0.1, 0.15) is 124 Å². The highest BCUT2D eigenvalue weighted by Gasteiger charge is 2.32. The first-order valence-electron chi connectivity index (χ1n) is 33.0. The topological polar surface area (TPSA) is 132 Å². The Morgan fingerprint density at radius 3 is 1.22 bits per heavy atom. The lowest BCUT2D eigenvalue weighted by molar-refractivity contribution is -0.160. The van der Waals surface area contributed by atoms with Gasteiger partial charge in [-0.05, 0) is 147 Å². The molecule has 0 saturated carbocycles. The van der Waals surface area contributed by atoms with Gasteiger partial charge in [-0.25, -0.2) is 24.0 Å². The molecule has 0 aromatic heterocycles. The maximum absolute atomic E-state index is 13.0. The van der Waals surface area contributed by atoms with Gasteiger partial charge < -0.3 is 23.7 Å². The molecule has 4 aliphatic rings. The Morgan fingerprint density at radius 2 is 0.768 bits per heavy atom. The van der Waals surface area contributed by atoms with E-state index in [4.69, 9.17) is 23.7 Å². The molecule has 10 nitrogen and oxygen atoms in total. The zero-order valence-corrected chi connectivity index (χ0v) is 54.6. The van der Waals surface area contributed by atoms with E-state index in [-0.39, 0.29) is 47.9 Å². The molecular formula is C89H68O10. The van der Waals surface area contributed by atoms with E-state index < -0.39 is 18.5 Å². The number of carbonyl (C=O) groups excluding carboxylic acids is 5. The molecule has 0 saturated heterocycles. The number of hydrogen-bond acceptors (Lipinski definition) is 10. The predicted molar refractivity (Wildman–Crippen MR) is 394 cm³/mol. The number of rotatable bonds is 13. The minimum atomic E-state index is -0.589. The summed E-state index contributed by atoms with van der Waals surface area (Å²) in [6.07, 6.45) is 7.25. The molecule has 0 fully saturated rings. The number of hydrogen-bond donors (Lipinski definition) is 0. The highest BCUT2D eigenvalue weighted by Crippen LogP contribution is 2.44. The second kappa shape index (κ2) is 27.8. The van der Waals surface area contributed by atoms with E-state index in [9.17, 15) is 24.0 Å². The van der Waals surface area contributed by atoms with Crippen LogP contribution >= 0.6 is 0 Å². The van der Waals surface area contributed by atoms with E-state index in [2.05, 4.69) is 123 Å². The Kier molecular flexibility index (Phi) is 18.0. The van der Waals surface area contributed by atoms with Crippen LogP contribution in [0.4, 0.5) is 0 Å². The normalized spacial score (nSPS) is 15.4. The largest absolute Gasteiger partial charge is 0.455 e. The molecule has 13 aromatic rings. The molecule has 4 atom stereocenters. The number of esters is 5. The molecule has 0 radical (unpaired) electrons. The molecular weight excluding hydrogens is 1230 g/mol. The van der Waals surface area contributed by atoms with E-state index in [0.29, 0.717) is 23.1 Å². The van der Waals surface area contributed by atoms with E-state index in [1.807, 2.05) is 146 Å². The third-order valence-electron chi connectivity index (χ3n) is 18.9. The first-order chi connectivity index (χ1) is 48.3. The molecule has 0 amide bonds. The molecule has 10 heteroatoms. The zero-order valence-electron chi connectivity index (χ0n) is 54.6. The van der Waals surface area contributed by atoms with Crippen LogP contribution in [0.2, 0.25) is 0 Å². The lowest BCUT2D eigenvalue weighted by Gasteiger charge is -2.15. The first-order valence-corrected chi connectivity index (χ1v) is 33.0. The van der Waals surface area contributed by atoms with Crippen LogP contribution in [0.5, 0.6) is 0 Å². The Balaban J connectivity index is 0.000000113. The summed E-state index contributed by atoms with van der Waals surface area (Å²) < 4.78 is 28.0. The standard InChI is InChI=1S/2C25H18O2.C21H16O2.C18H16O4/c1-2-16-9-10-19-14-21(12-11-18(19)13-16)25(26)27-23-15-20-7-3-5-17-6-4-8-22(23)24(17)20;1-2-16-13-14-21(20-11-4-3-10-19(16)20)25(26)27-23-15-18-9-5-7-17-8-6-12-22(23)24(17)18;1-2-14-9-11-16(12-10-14)21(22)23-19-13-17-7-3-5-15-6-4-8-18(19)20(15)17;1-11(2)18(20)21-10-16(19)22-15-9-13-7-3-5-12-6-4-8-14(15)17(12)13/h2*2-14,23H,1,15H2;2-12,19H,1,13H2;3-8,15H,1,9-10H2,2H3. The Hall–Kier alpha value is -12.3. The van der Waals surface area contributed by atoms with Crippen LogP contribution in [0.25, 0.3) is 82.9 Å². The second-order valence-electron chi connectivity index (χ2n) is 25.1. The van der Waals surface area contributed by atoms with Crippen LogP contribution in [-0.2, 0) is 59.0 Å². The number of carbonyl (C=O) groups is 5. The average molecular weight is 1300 g/mol. The molecule has 0 spiro atoms. The molecule has 13 aromatic carbocycles. The second-order valence-corrected chi connectivity index (χ2v) is 25.1. The fraction of sp³-hybridized carbons (Fsp3) is 0.112. The van der Waals surface area contributed by atoms with Crippen molar-refractivity contribution < 1.29 is 47.7 Å². The number of benzene rings is 13. The highest BCUT2D eigenvalue weighted by atomic mass is 16.6. The molecule has 0 bridgehead atoms. The first kappa shape index (κ1) is 64.1. The fourth-order valence-electron chi connectivity index (χ4n) is 14.2. The van der Waals surface area contributed by atoms with Gasteiger partial charge in [0.2, 0.25) is 0 Å². The summed E-state index contributed by atoms with van der Waals surface area (Å²) in [4.78, 5) is 61.4. The SMILES string of the molecule is C=C(C)C(=O)OCC(=O)OC1Cc2cccc3cccc1c23.C=Cc1ccc(C(=O)OC2Cc3cccc4cccc2c34)c2ccccc12.C=Cc1ccc(C(=O)OC2Cc3cccc4cccc2c34)cc1.C=Cc1ccc2cc(C(=O)OC3Cc4cccc5cccc3c45)ccc2c1. The van der Waals surface area contributed by atoms with Gasteiger partial charge in [0.15, 0.2) is 6.61 Å². The van der Waals surface area contributed by atoms with Crippen molar-refractivity contribution >= 4 is 113 Å². The molecule has 0 heterocycles. The van der Waals surface area contributed by atoms with Crippen molar-refractivity contribution in [2.75, 3.05) is 6.61 Å². The third-order valence-corrected chi connectivity index (χ3v) is 18.9. The molecule has 484 valence electrons. The van der Waals surface area contributed by atoms with Gasteiger partial charge in [0.1, 0.15) is 24.4 Å². The van der Waals surface area contributed by atoms with Crippen LogP contribution in [0.3, 0.4) is 0 Å². The van der Waals surface area contributed by atoms with Crippen molar-refractivity contribution in [1.82, 2.24) is 0 Å². The van der Waals surface area contributed by atoms with Crippen LogP contribution in [0, 0.1) is 0 Å². The lowest BCUT2D eigenvalue weighted by Crippen LogP contribution is -2.19. The summed E-state index contributed by atoms with van der Waals surface area (Å²) in [7, 11) is 0. The molecule has 0 aliphatic heterocycles. The average Bonchev–Trinajstić information content (AvgIpc) is 1.66. The van der Waals surface area contributed by atoms with E-state index in [0.717, 1.165) is 90.5 Å². The predicted octanol–water partition coefficient (Wildman–Crippen LogP) is 20.2.